The van der Waals surface area contributed by atoms with Gasteiger partial charge in [-0.1, -0.05) is 17.7 Å². The van der Waals surface area contributed by atoms with Crippen molar-refractivity contribution in [3.05, 3.63) is 47.3 Å². The standard InChI is InChI=1S/C13H15N3O/c1-9-3-5-12(6-4-9)17-13-15-8-11(7-14)10(2)16-13/h3-6,8H,7,14H2,1-2H3. The molecule has 4 nitrogen and oxygen atoms in total. The van der Waals surface area contributed by atoms with Gasteiger partial charge in [0.05, 0.1) is 0 Å². The van der Waals surface area contributed by atoms with E-state index in [0.717, 1.165) is 17.0 Å². The molecule has 0 spiro atoms. The zero-order valence-electron chi connectivity index (χ0n) is 9.97. The van der Waals surface area contributed by atoms with Crippen LogP contribution in [0.4, 0.5) is 0 Å². The van der Waals surface area contributed by atoms with Gasteiger partial charge in [0, 0.05) is 24.0 Å². The van der Waals surface area contributed by atoms with Gasteiger partial charge in [-0.05, 0) is 26.0 Å². The molecule has 0 aliphatic heterocycles. The minimum absolute atomic E-state index is 0.351. The summed E-state index contributed by atoms with van der Waals surface area (Å²) in [4.78, 5) is 8.36. The molecule has 1 aromatic heterocycles. The first kappa shape index (κ1) is 11.5. The number of benzene rings is 1. The molecule has 2 aromatic rings. The lowest BCUT2D eigenvalue weighted by Gasteiger charge is -2.06. The maximum Gasteiger partial charge on any atom is 0.322 e. The molecule has 0 bridgehead atoms. The smallest absolute Gasteiger partial charge is 0.322 e. The van der Waals surface area contributed by atoms with Gasteiger partial charge < -0.3 is 10.5 Å². The number of nitrogens with zero attached hydrogens (tertiary/aromatic N) is 2. The minimum Gasteiger partial charge on any atom is -0.424 e. The monoisotopic (exact) mass is 229 g/mol. The summed E-state index contributed by atoms with van der Waals surface area (Å²) in [6, 6.07) is 8.10. The van der Waals surface area contributed by atoms with Gasteiger partial charge in [0.1, 0.15) is 5.75 Å². The Bertz CT molecular complexity index is 509. The molecule has 17 heavy (non-hydrogen) atoms. The van der Waals surface area contributed by atoms with Gasteiger partial charge in [-0.15, -0.1) is 0 Å². The second kappa shape index (κ2) is 4.93. The van der Waals surface area contributed by atoms with Crippen molar-refractivity contribution in [2.75, 3.05) is 0 Å². The van der Waals surface area contributed by atoms with Gasteiger partial charge in [0.2, 0.25) is 0 Å². The second-order valence-electron chi connectivity index (χ2n) is 3.88. The highest BCUT2D eigenvalue weighted by Crippen LogP contribution is 2.18. The van der Waals surface area contributed by atoms with Gasteiger partial charge in [-0.25, -0.2) is 4.98 Å². The van der Waals surface area contributed by atoms with Gasteiger partial charge in [0.15, 0.2) is 0 Å². The topological polar surface area (TPSA) is 61.0 Å². The first-order valence-electron chi connectivity index (χ1n) is 5.46. The van der Waals surface area contributed by atoms with Crippen LogP contribution in [-0.2, 0) is 6.54 Å². The number of ether oxygens (including phenoxy) is 1. The predicted molar refractivity (Wildman–Crippen MR) is 65.9 cm³/mol. The molecule has 2 rings (SSSR count). The number of rotatable bonds is 3. The minimum atomic E-state index is 0.351. The molecule has 0 saturated heterocycles. The van der Waals surface area contributed by atoms with Crippen molar-refractivity contribution < 1.29 is 4.74 Å². The molecule has 0 atom stereocenters. The Morgan fingerprint density at radius 2 is 1.88 bits per heavy atom. The summed E-state index contributed by atoms with van der Waals surface area (Å²) in [6.07, 6.45) is 1.70. The third-order valence-corrected chi connectivity index (χ3v) is 2.51. The van der Waals surface area contributed by atoms with Crippen LogP contribution in [0.25, 0.3) is 0 Å². The van der Waals surface area contributed by atoms with Crippen molar-refractivity contribution >= 4 is 0 Å². The van der Waals surface area contributed by atoms with E-state index in [1.165, 1.54) is 5.56 Å². The van der Waals surface area contributed by atoms with Gasteiger partial charge in [-0.3, -0.25) is 0 Å². The van der Waals surface area contributed by atoms with Crippen LogP contribution in [-0.4, -0.2) is 9.97 Å². The Morgan fingerprint density at radius 3 is 2.47 bits per heavy atom. The first-order valence-corrected chi connectivity index (χ1v) is 5.46. The number of aryl methyl sites for hydroxylation is 2. The average molecular weight is 229 g/mol. The third-order valence-electron chi connectivity index (χ3n) is 2.51. The average Bonchev–Trinajstić information content (AvgIpc) is 2.32. The molecular formula is C13H15N3O. The third kappa shape index (κ3) is 2.79. The summed E-state index contributed by atoms with van der Waals surface area (Å²) in [5.41, 5.74) is 8.52. The van der Waals surface area contributed by atoms with E-state index in [-0.39, 0.29) is 0 Å². The van der Waals surface area contributed by atoms with Crippen LogP contribution < -0.4 is 10.5 Å². The van der Waals surface area contributed by atoms with Crippen LogP contribution >= 0.6 is 0 Å². The van der Waals surface area contributed by atoms with Crippen molar-refractivity contribution in [2.24, 2.45) is 5.73 Å². The quantitative estimate of drug-likeness (QED) is 0.877. The Hall–Kier alpha value is -1.94. The number of aromatic nitrogens is 2. The van der Waals surface area contributed by atoms with Crippen LogP contribution in [0.3, 0.4) is 0 Å². The Kier molecular flexibility index (Phi) is 3.35. The molecule has 0 saturated carbocycles. The van der Waals surface area contributed by atoms with Gasteiger partial charge >= 0.3 is 6.01 Å². The van der Waals surface area contributed by atoms with Crippen molar-refractivity contribution in [3.8, 4) is 11.8 Å². The molecule has 4 heteroatoms. The predicted octanol–water partition coefficient (Wildman–Crippen LogP) is 2.34. The Labute approximate surface area is 100 Å². The lowest BCUT2D eigenvalue weighted by molar-refractivity contribution is 0.439. The maximum absolute atomic E-state index is 5.55. The summed E-state index contributed by atoms with van der Waals surface area (Å²) in [5.74, 6) is 0.732. The number of hydrogen-bond donors (Lipinski definition) is 1. The van der Waals surface area contributed by atoms with E-state index < -0.39 is 0 Å². The number of hydrogen-bond acceptors (Lipinski definition) is 4. The first-order chi connectivity index (χ1) is 8.19. The normalized spacial score (nSPS) is 10.3. The fourth-order valence-corrected chi connectivity index (χ4v) is 1.43. The summed E-state index contributed by atoms with van der Waals surface area (Å²) >= 11 is 0. The van der Waals surface area contributed by atoms with Crippen LogP contribution in [0.5, 0.6) is 11.8 Å². The highest BCUT2D eigenvalue weighted by molar-refractivity contribution is 5.29. The summed E-state index contributed by atoms with van der Waals surface area (Å²) < 4.78 is 5.55. The highest BCUT2D eigenvalue weighted by Gasteiger charge is 2.03. The van der Waals surface area contributed by atoms with Crippen molar-refractivity contribution in [1.29, 1.82) is 0 Å². The van der Waals surface area contributed by atoms with Crippen molar-refractivity contribution in [2.45, 2.75) is 20.4 Å². The maximum atomic E-state index is 5.55. The molecule has 0 amide bonds. The second-order valence-corrected chi connectivity index (χ2v) is 3.88. The van der Waals surface area contributed by atoms with E-state index >= 15 is 0 Å². The van der Waals surface area contributed by atoms with E-state index in [4.69, 9.17) is 10.5 Å². The van der Waals surface area contributed by atoms with Crippen LogP contribution in [0.2, 0.25) is 0 Å². The van der Waals surface area contributed by atoms with Gasteiger partial charge in [-0.2, -0.15) is 4.98 Å². The highest BCUT2D eigenvalue weighted by atomic mass is 16.5. The largest absolute Gasteiger partial charge is 0.424 e. The molecule has 88 valence electrons. The van der Waals surface area contributed by atoms with E-state index in [0.29, 0.717) is 12.6 Å². The Balaban J connectivity index is 2.19. The molecule has 0 unspecified atom stereocenters. The SMILES string of the molecule is Cc1ccc(Oc2ncc(CN)c(C)n2)cc1. The van der Waals surface area contributed by atoms with Crippen LogP contribution in [0.1, 0.15) is 16.8 Å². The molecule has 0 aliphatic rings. The molecule has 0 fully saturated rings. The molecule has 0 radical (unpaired) electrons. The lowest BCUT2D eigenvalue weighted by Crippen LogP contribution is -2.03. The van der Waals surface area contributed by atoms with Gasteiger partial charge in [0.25, 0.3) is 0 Å². The number of nitrogens with two attached hydrogens (primary N) is 1. The van der Waals surface area contributed by atoms with E-state index in [2.05, 4.69) is 9.97 Å². The molecular weight excluding hydrogens is 214 g/mol. The Morgan fingerprint density at radius 1 is 1.18 bits per heavy atom. The zero-order chi connectivity index (χ0) is 12.3. The van der Waals surface area contributed by atoms with E-state index in [1.807, 2.05) is 38.1 Å². The van der Waals surface area contributed by atoms with Crippen molar-refractivity contribution in [3.63, 3.8) is 0 Å². The van der Waals surface area contributed by atoms with E-state index in [9.17, 15) is 0 Å². The zero-order valence-corrected chi connectivity index (χ0v) is 9.97. The molecule has 1 heterocycles. The molecule has 0 aliphatic carbocycles. The molecule has 2 N–H and O–H groups in total. The van der Waals surface area contributed by atoms with Crippen LogP contribution in [0.15, 0.2) is 30.5 Å². The van der Waals surface area contributed by atoms with E-state index in [1.54, 1.807) is 6.20 Å². The molecule has 1 aromatic carbocycles. The fraction of sp³-hybridized carbons (Fsp3) is 0.231. The van der Waals surface area contributed by atoms with Crippen molar-refractivity contribution in [1.82, 2.24) is 9.97 Å². The van der Waals surface area contributed by atoms with Crippen LogP contribution in [0, 0.1) is 13.8 Å². The summed E-state index contributed by atoms with van der Waals surface area (Å²) in [5, 5.41) is 0. The summed E-state index contributed by atoms with van der Waals surface area (Å²) in [7, 11) is 0. The fourth-order valence-electron chi connectivity index (χ4n) is 1.43. The lowest BCUT2D eigenvalue weighted by atomic mass is 10.2. The summed E-state index contributed by atoms with van der Waals surface area (Å²) in [6.45, 7) is 4.36.